The lowest BCUT2D eigenvalue weighted by atomic mass is 10.0. The Morgan fingerprint density at radius 1 is 1.19 bits per heavy atom. The number of nitrogens with zero attached hydrogens (tertiary/aromatic N) is 4. The van der Waals surface area contributed by atoms with Gasteiger partial charge in [-0.3, -0.25) is 29.7 Å². The first-order valence-corrected chi connectivity index (χ1v) is 7.31. The molecule has 26 heavy (non-hydrogen) atoms. The third-order valence-corrected chi connectivity index (χ3v) is 3.51. The number of aromatic nitrogens is 2. The van der Waals surface area contributed by atoms with Crippen molar-refractivity contribution in [3.8, 4) is 0 Å². The smallest absolute Gasteiger partial charge is 0.307 e. The van der Waals surface area contributed by atoms with Crippen molar-refractivity contribution in [1.29, 1.82) is 0 Å². The van der Waals surface area contributed by atoms with Crippen LogP contribution >= 0.6 is 0 Å². The van der Waals surface area contributed by atoms with Gasteiger partial charge < -0.3 is 15.5 Å². The maximum atomic E-state index is 12.0. The molecule has 1 aromatic heterocycles. The van der Waals surface area contributed by atoms with Crippen molar-refractivity contribution in [3.63, 3.8) is 0 Å². The number of hydrogen-bond donors (Lipinski definition) is 3. The van der Waals surface area contributed by atoms with E-state index < -0.39 is 34.5 Å². The lowest BCUT2D eigenvalue weighted by molar-refractivity contribution is -0.385. The number of aliphatic hydroxyl groups is 2. The summed E-state index contributed by atoms with van der Waals surface area (Å²) >= 11 is 0. The van der Waals surface area contributed by atoms with Crippen molar-refractivity contribution in [3.05, 3.63) is 62.5 Å². The van der Waals surface area contributed by atoms with Crippen LogP contribution in [0.25, 0.3) is 0 Å². The topological polar surface area (TPSA) is 174 Å². The van der Waals surface area contributed by atoms with E-state index in [-0.39, 0.29) is 23.5 Å². The van der Waals surface area contributed by atoms with Gasteiger partial charge in [0.15, 0.2) is 0 Å². The molecule has 1 heterocycles. The van der Waals surface area contributed by atoms with E-state index in [0.29, 0.717) is 0 Å². The van der Waals surface area contributed by atoms with Crippen molar-refractivity contribution in [2.75, 3.05) is 6.61 Å². The molecule has 0 fully saturated rings. The van der Waals surface area contributed by atoms with E-state index >= 15 is 0 Å². The molecule has 3 N–H and O–H groups in total. The van der Waals surface area contributed by atoms with Gasteiger partial charge in [-0.2, -0.15) is 5.10 Å². The van der Waals surface area contributed by atoms with Gasteiger partial charge in [-0.15, -0.1) is 0 Å². The number of amides is 1. The average molecular weight is 365 g/mol. The molecule has 0 bridgehead atoms. The molecule has 2 atom stereocenters. The fraction of sp³-hybridized carbons (Fsp3) is 0.286. The fourth-order valence-electron chi connectivity index (χ4n) is 2.18. The summed E-state index contributed by atoms with van der Waals surface area (Å²) in [6, 6.07) is 3.94. The molecule has 1 amide bonds. The zero-order valence-electron chi connectivity index (χ0n) is 13.3. The molecule has 2 rings (SSSR count). The number of non-ortho nitro benzene ring substituents is 1. The van der Waals surface area contributed by atoms with Crippen LogP contribution in [0.15, 0.2) is 36.7 Å². The Morgan fingerprint density at radius 3 is 2.31 bits per heavy atom. The zero-order chi connectivity index (χ0) is 19.3. The molecular weight excluding hydrogens is 350 g/mol. The van der Waals surface area contributed by atoms with Crippen LogP contribution in [0.2, 0.25) is 0 Å². The van der Waals surface area contributed by atoms with Gasteiger partial charge in [-0.1, -0.05) is 0 Å². The highest BCUT2D eigenvalue weighted by atomic mass is 16.6. The van der Waals surface area contributed by atoms with Crippen molar-refractivity contribution >= 4 is 17.3 Å². The van der Waals surface area contributed by atoms with Gasteiger partial charge in [-0.05, 0) is 17.7 Å². The number of nitrogens with one attached hydrogen (secondary N) is 1. The number of benzene rings is 1. The molecule has 1 aromatic carbocycles. The van der Waals surface area contributed by atoms with Crippen LogP contribution in [0.1, 0.15) is 11.7 Å². The fourth-order valence-corrected chi connectivity index (χ4v) is 2.18. The largest absolute Gasteiger partial charge is 0.394 e. The first-order valence-electron chi connectivity index (χ1n) is 7.31. The summed E-state index contributed by atoms with van der Waals surface area (Å²) in [5.41, 5.74) is -0.169. The van der Waals surface area contributed by atoms with E-state index in [9.17, 15) is 35.2 Å². The van der Waals surface area contributed by atoms with Crippen LogP contribution in [0.5, 0.6) is 0 Å². The lowest BCUT2D eigenvalue weighted by Gasteiger charge is -2.22. The number of carbonyl (C=O) groups is 1. The Bertz CT molecular complexity index is 804. The van der Waals surface area contributed by atoms with Gasteiger partial charge in [0, 0.05) is 12.1 Å². The second-order valence-electron chi connectivity index (χ2n) is 5.30. The standard InChI is InChI=1S/C14H15N5O7/c20-8-12(14(22)9-1-3-10(4-2-9)18(23)24)16-13(21)7-17-6-11(5-15-17)19(25)26/h1-6,12,14,20,22H,7-8H2,(H,16,21). The van der Waals surface area contributed by atoms with E-state index in [2.05, 4.69) is 10.4 Å². The monoisotopic (exact) mass is 365 g/mol. The molecule has 2 unspecified atom stereocenters. The molecule has 138 valence electrons. The van der Waals surface area contributed by atoms with Crippen molar-refractivity contribution < 1.29 is 24.9 Å². The van der Waals surface area contributed by atoms with Crippen LogP contribution in [-0.4, -0.2) is 48.4 Å². The molecule has 0 radical (unpaired) electrons. The van der Waals surface area contributed by atoms with Crippen molar-refractivity contribution in [1.82, 2.24) is 15.1 Å². The molecule has 12 heteroatoms. The van der Waals surface area contributed by atoms with Crippen LogP contribution in [0.3, 0.4) is 0 Å². The van der Waals surface area contributed by atoms with Crippen molar-refractivity contribution in [2.24, 2.45) is 0 Å². The van der Waals surface area contributed by atoms with Gasteiger partial charge in [0.1, 0.15) is 25.0 Å². The predicted molar refractivity (Wildman–Crippen MR) is 86.0 cm³/mol. The molecule has 0 spiro atoms. The van der Waals surface area contributed by atoms with Crippen LogP contribution in [-0.2, 0) is 11.3 Å². The SMILES string of the molecule is O=C(Cn1cc([N+](=O)[O-])cn1)NC(CO)C(O)c1ccc([N+](=O)[O-])cc1. The Labute approximate surface area is 146 Å². The summed E-state index contributed by atoms with van der Waals surface area (Å²) < 4.78 is 1.04. The molecule has 0 aliphatic carbocycles. The molecule has 0 aliphatic rings. The average Bonchev–Trinajstić information content (AvgIpc) is 3.07. The Balaban J connectivity index is 2.01. The minimum Gasteiger partial charge on any atom is -0.394 e. The summed E-state index contributed by atoms with van der Waals surface area (Å²) in [4.78, 5) is 31.9. The normalized spacial score (nSPS) is 13.0. The van der Waals surface area contributed by atoms with E-state index in [1.807, 2.05) is 0 Å². The second-order valence-corrected chi connectivity index (χ2v) is 5.30. The number of carbonyl (C=O) groups excluding carboxylic acids is 1. The minimum absolute atomic E-state index is 0.161. The van der Waals surface area contributed by atoms with Gasteiger partial charge >= 0.3 is 5.69 Å². The highest BCUT2D eigenvalue weighted by Gasteiger charge is 2.23. The number of rotatable bonds is 8. The van der Waals surface area contributed by atoms with E-state index in [4.69, 9.17) is 0 Å². The van der Waals surface area contributed by atoms with Gasteiger partial charge in [0.05, 0.1) is 22.5 Å². The Morgan fingerprint density at radius 2 is 1.81 bits per heavy atom. The maximum absolute atomic E-state index is 12.0. The quantitative estimate of drug-likeness (QED) is 0.430. The molecule has 0 saturated carbocycles. The number of nitro groups is 2. The highest BCUT2D eigenvalue weighted by molar-refractivity contribution is 5.76. The summed E-state index contributed by atoms with van der Waals surface area (Å²) in [7, 11) is 0. The molecule has 12 nitrogen and oxygen atoms in total. The molecule has 2 aromatic rings. The first-order chi connectivity index (χ1) is 12.3. The Hall–Kier alpha value is -3.38. The van der Waals surface area contributed by atoms with E-state index in [1.54, 1.807) is 0 Å². The minimum atomic E-state index is -1.31. The van der Waals surface area contributed by atoms with Gasteiger partial charge in [-0.25, -0.2) is 0 Å². The van der Waals surface area contributed by atoms with E-state index in [1.165, 1.54) is 24.3 Å². The summed E-state index contributed by atoms with van der Waals surface area (Å²) in [5, 5.41) is 46.9. The summed E-state index contributed by atoms with van der Waals surface area (Å²) in [5.74, 6) is -0.636. The first kappa shape index (κ1) is 19.0. The van der Waals surface area contributed by atoms with Crippen molar-refractivity contribution in [2.45, 2.75) is 18.7 Å². The number of nitro benzene ring substituents is 1. The lowest BCUT2D eigenvalue weighted by Crippen LogP contribution is -2.43. The van der Waals surface area contributed by atoms with Gasteiger partial charge in [0.25, 0.3) is 5.69 Å². The molecular formula is C14H15N5O7. The summed E-state index contributed by atoms with van der Waals surface area (Å²) in [6.45, 7) is -0.944. The molecule has 0 saturated heterocycles. The second kappa shape index (κ2) is 8.13. The third kappa shape index (κ3) is 4.58. The van der Waals surface area contributed by atoms with E-state index in [0.717, 1.165) is 17.1 Å². The predicted octanol–water partition coefficient (Wildman–Crippen LogP) is -0.0898. The van der Waals surface area contributed by atoms with Crippen LogP contribution < -0.4 is 5.32 Å². The zero-order valence-corrected chi connectivity index (χ0v) is 13.3. The van der Waals surface area contributed by atoms with Crippen LogP contribution in [0, 0.1) is 20.2 Å². The summed E-state index contributed by atoms with van der Waals surface area (Å²) in [6.07, 6.45) is 0.750. The third-order valence-electron chi connectivity index (χ3n) is 3.51. The van der Waals surface area contributed by atoms with Crippen LogP contribution in [0.4, 0.5) is 11.4 Å². The highest BCUT2D eigenvalue weighted by Crippen LogP contribution is 2.20. The number of hydrogen-bond acceptors (Lipinski definition) is 8. The Kier molecular flexibility index (Phi) is 5.93. The molecule has 0 aliphatic heterocycles. The maximum Gasteiger partial charge on any atom is 0.307 e. The van der Waals surface area contributed by atoms with Gasteiger partial charge in [0.2, 0.25) is 5.91 Å². The number of aliphatic hydroxyl groups excluding tert-OH is 2.